The van der Waals surface area contributed by atoms with Crippen molar-refractivity contribution in [2.24, 2.45) is 0 Å². The maximum Gasteiger partial charge on any atom is 0.353 e. The van der Waals surface area contributed by atoms with Crippen molar-refractivity contribution in [3.63, 3.8) is 0 Å². The molecule has 0 aliphatic heterocycles. The van der Waals surface area contributed by atoms with Crippen LogP contribution in [0.25, 0.3) is 11.3 Å². The highest BCUT2D eigenvalue weighted by Crippen LogP contribution is 2.40. The summed E-state index contributed by atoms with van der Waals surface area (Å²) in [5, 5.41) is 18.0. The van der Waals surface area contributed by atoms with Crippen LogP contribution in [0.2, 0.25) is 10.0 Å². The maximum atomic E-state index is 12.3. The summed E-state index contributed by atoms with van der Waals surface area (Å²) in [6.45, 7) is 0. The molecule has 28 heavy (non-hydrogen) atoms. The van der Waals surface area contributed by atoms with Crippen LogP contribution in [0, 0.1) is 10.1 Å². The number of methoxy groups -OCH3 is 1. The number of esters is 1. The summed E-state index contributed by atoms with van der Waals surface area (Å²) in [7, 11) is 1.14. The number of nitrogens with two attached hydrogens (primary N) is 1. The Morgan fingerprint density at radius 3 is 2.61 bits per heavy atom. The number of nitrogen functional groups attached to an aromatic ring is 1. The van der Waals surface area contributed by atoms with Gasteiger partial charge in [0.15, 0.2) is 5.56 Å². The predicted octanol–water partition coefficient (Wildman–Crippen LogP) is 3.46. The zero-order valence-electron chi connectivity index (χ0n) is 14.0. The number of hydrogen-bond donors (Lipinski definition) is 2. The smallest absolute Gasteiger partial charge is 0.353 e. The molecule has 0 spiro atoms. The van der Waals surface area contributed by atoms with E-state index in [2.05, 4.69) is 20.4 Å². The number of carbonyl (C=O) groups excluding carboxylic acids is 1. The van der Waals surface area contributed by atoms with Crippen molar-refractivity contribution >= 4 is 52.4 Å². The van der Waals surface area contributed by atoms with Gasteiger partial charge in [0.2, 0.25) is 17.5 Å². The predicted molar refractivity (Wildman–Crippen MR) is 99.7 cm³/mol. The average Bonchev–Trinajstić information content (AvgIpc) is 3.04. The summed E-state index contributed by atoms with van der Waals surface area (Å²) in [6.07, 6.45) is 1.00. The van der Waals surface area contributed by atoms with E-state index in [0.29, 0.717) is 0 Å². The molecule has 1 aromatic carbocycles. The molecular weight excluding hydrogens is 415 g/mol. The Kier molecular flexibility index (Phi) is 5.29. The molecule has 11 nitrogen and oxygen atoms in total. The van der Waals surface area contributed by atoms with Crippen LogP contribution in [0.15, 0.2) is 29.0 Å². The molecule has 3 N–H and O–H groups in total. The molecule has 144 valence electrons. The van der Waals surface area contributed by atoms with Gasteiger partial charge in [0.05, 0.1) is 22.1 Å². The molecule has 3 aromatic rings. The highest BCUT2D eigenvalue weighted by atomic mass is 35.5. The molecular formula is C15H10Cl2N6O5. The van der Waals surface area contributed by atoms with Crippen LogP contribution < -0.4 is 11.1 Å². The van der Waals surface area contributed by atoms with E-state index in [1.54, 1.807) is 18.2 Å². The van der Waals surface area contributed by atoms with E-state index < -0.39 is 16.6 Å². The van der Waals surface area contributed by atoms with E-state index in [0.717, 1.165) is 13.4 Å². The summed E-state index contributed by atoms with van der Waals surface area (Å²) in [5.74, 6) is -1.81. The third-order valence-electron chi connectivity index (χ3n) is 3.55. The lowest BCUT2D eigenvalue weighted by Gasteiger charge is -2.07. The van der Waals surface area contributed by atoms with E-state index in [1.807, 2.05) is 0 Å². The normalized spacial score (nSPS) is 10.5. The summed E-state index contributed by atoms with van der Waals surface area (Å²) in [6, 6.07) is 4.70. The molecule has 0 aliphatic carbocycles. The minimum atomic E-state index is -0.848. The second-order valence-corrected chi connectivity index (χ2v) is 5.98. The Bertz CT molecular complexity index is 1070. The van der Waals surface area contributed by atoms with Crippen molar-refractivity contribution in [2.45, 2.75) is 0 Å². The van der Waals surface area contributed by atoms with Crippen LogP contribution in [-0.2, 0) is 4.74 Å². The number of carbonyl (C=O) groups is 1. The number of nitrogens with one attached hydrogen (secondary N) is 1. The van der Waals surface area contributed by atoms with Crippen molar-refractivity contribution in [2.75, 3.05) is 18.2 Å². The lowest BCUT2D eigenvalue weighted by molar-refractivity contribution is -0.383. The van der Waals surface area contributed by atoms with Gasteiger partial charge in [-0.25, -0.2) is 14.8 Å². The van der Waals surface area contributed by atoms with Gasteiger partial charge in [0, 0.05) is 5.56 Å². The van der Waals surface area contributed by atoms with Crippen LogP contribution in [0.3, 0.4) is 0 Å². The van der Waals surface area contributed by atoms with E-state index in [4.69, 9.17) is 38.2 Å². The van der Waals surface area contributed by atoms with Crippen molar-refractivity contribution in [1.82, 2.24) is 15.1 Å². The maximum absolute atomic E-state index is 12.3. The van der Waals surface area contributed by atoms with Gasteiger partial charge in [-0.05, 0) is 12.1 Å². The minimum absolute atomic E-state index is 0.0189. The first-order valence-corrected chi connectivity index (χ1v) is 8.15. The number of rotatable bonds is 5. The molecule has 0 aliphatic rings. The Balaban J connectivity index is 2.17. The quantitative estimate of drug-likeness (QED) is 0.352. The minimum Gasteiger partial charge on any atom is -0.465 e. The number of nitro groups is 1. The van der Waals surface area contributed by atoms with E-state index in [9.17, 15) is 14.9 Å². The second-order valence-electron chi connectivity index (χ2n) is 5.16. The van der Waals surface area contributed by atoms with Crippen LogP contribution in [-0.4, -0.2) is 33.1 Å². The summed E-state index contributed by atoms with van der Waals surface area (Å²) in [5.41, 5.74) is 4.94. The molecule has 0 atom stereocenters. The fourth-order valence-corrected chi connectivity index (χ4v) is 2.91. The molecule has 0 radical (unpaired) electrons. The first kappa shape index (κ1) is 19.3. The third kappa shape index (κ3) is 3.40. The van der Waals surface area contributed by atoms with Crippen molar-refractivity contribution in [3.05, 3.63) is 50.2 Å². The van der Waals surface area contributed by atoms with Gasteiger partial charge in [0.1, 0.15) is 12.0 Å². The van der Waals surface area contributed by atoms with Crippen molar-refractivity contribution in [1.29, 1.82) is 0 Å². The molecule has 0 saturated carbocycles. The highest BCUT2D eigenvalue weighted by Gasteiger charge is 2.30. The average molecular weight is 425 g/mol. The molecule has 2 heterocycles. The molecule has 0 saturated heterocycles. The highest BCUT2D eigenvalue weighted by molar-refractivity contribution is 6.39. The number of halogens is 2. The second kappa shape index (κ2) is 7.66. The number of ether oxygens (including phenoxy) is 1. The molecule has 0 fully saturated rings. The number of nitrogens with zero attached hydrogens (tertiary/aromatic N) is 4. The Hall–Kier alpha value is -3.44. The number of aromatic nitrogens is 3. The zero-order chi connectivity index (χ0) is 20.4. The number of anilines is 3. The molecule has 0 bridgehead atoms. The molecule has 0 unspecified atom stereocenters. The largest absolute Gasteiger partial charge is 0.465 e. The fourth-order valence-electron chi connectivity index (χ4n) is 2.33. The van der Waals surface area contributed by atoms with Gasteiger partial charge >= 0.3 is 11.7 Å². The molecule has 3 rings (SSSR count). The Morgan fingerprint density at radius 2 is 2.00 bits per heavy atom. The summed E-state index contributed by atoms with van der Waals surface area (Å²) in [4.78, 5) is 30.2. The monoisotopic (exact) mass is 424 g/mol. The van der Waals surface area contributed by atoms with E-state index in [1.165, 1.54) is 0 Å². The molecule has 0 amide bonds. The van der Waals surface area contributed by atoms with Gasteiger partial charge < -0.3 is 20.3 Å². The lowest BCUT2D eigenvalue weighted by Crippen LogP contribution is -2.08. The van der Waals surface area contributed by atoms with Crippen molar-refractivity contribution in [3.8, 4) is 11.3 Å². The SMILES string of the molecule is COC(=O)c1c(-c2c(Cl)cccc2Cl)noc1Nc1ncnc(N)c1[N+](=O)[O-]. The standard InChI is InChI=1S/C15H10Cl2N6O5/c1-27-15(24)9-10(8-6(16)3-2-4-7(8)17)22-28-14(9)21-13-11(23(25)26)12(18)19-5-20-13/h2-5H,1H3,(H3,18,19,20,21). The van der Waals surface area contributed by atoms with Gasteiger partial charge in [-0.2, -0.15) is 0 Å². The Morgan fingerprint density at radius 1 is 1.32 bits per heavy atom. The topological polar surface area (TPSA) is 159 Å². The third-order valence-corrected chi connectivity index (χ3v) is 4.18. The van der Waals surface area contributed by atoms with Crippen LogP contribution >= 0.6 is 23.2 Å². The summed E-state index contributed by atoms with van der Waals surface area (Å²) < 4.78 is 9.92. The zero-order valence-corrected chi connectivity index (χ0v) is 15.5. The Labute approximate surface area is 166 Å². The van der Waals surface area contributed by atoms with E-state index >= 15 is 0 Å². The molecule has 2 aromatic heterocycles. The van der Waals surface area contributed by atoms with Crippen molar-refractivity contribution < 1.29 is 19.0 Å². The van der Waals surface area contributed by atoms with Crippen LogP contribution in [0.5, 0.6) is 0 Å². The van der Waals surface area contributed by atoms with Crippen LogP contribution in [0.1, 0.15) is 10.4 Å². The fraction of sp³-hybridized carbons (Fsp3) is 0.0667. The van der Waals surface area contributed by atoms with Gasteiger partial charge in [-0.1, -0.05) is 34.4 Å². The molecule has 13 heteroatoms. The van der Waals surface area contributed by atoms with Gasteiger partial charge in [0.25, 0.3) is 0 Å². The van der Waals surface area contributed by atoms with Crippen LogP contribution in [0.4, 0.5) is 23.2 Å². The van der Waals surface area contributed by atoms with E-state index in [-0.39, 0.29) is 44.4 Å². The number of benzene rings is 1. The lowest BCUT2D eigenvalue weighted by atomic mass is 10.1. The first-order valence-electron chi connectivity index (χ1n) is 7.39. The summed E-state index contributed by atoms with van der Waals surface area (Å²) >= 11 is 12.4. The first-order chi connectivity index (χ1) is 13.3. The van der Waals surface area contributed by atoms with Gasteiger partial charge in [-0.3, -0.25) is 10.1 Å². The number of hydrogen-bond acceptors (Lipinski definition) is 10. The van der Waals surface area contributed by atoms with Gasteiger partial charge in [-0.15, -0.1) is 0 Å².